The highest BCUT2D eigenvalue weighted by atomic mass is 79.9. The van der Waals surface area contributed by atoms with E-state index in [9.17, 15) is 5.11 Å². The lowest BCUT2D eigenvalue weighted by molar-refractivity contribution is 0.192. The molecular weight excluding hydrogens is 268 g/mol. The van der Waals surface area contributed by atoms with Crippen LogP contribution in [0.5, 0.6) is 5.75 Å². The zero-order chi connectivity index (χ0) is 12.1. The summed E-state index contributed by atoms with van der Waals surface area (Å²) >= 11 is 3.37. The standard InChI is InChI=1S/C13H17BrO2/c1-4-9(2)8-16-13-6-5-11(14)7-12(13)10(3)15/h5-7,10,15H,2,4,8H2,1,3H3/t10-/m0/s1. The average molecular weight is 285 g/mol. The van der Waals surface area contributed by atoms with Gasteiger partial charge in [-0.1, -0.05) is 29.4 Å². The molecular formula is C13H17BrO2. The summed E-state index contributed by atoms with van der Waals surface area (Å²) in [5.74, 6) is 0.716. The van der Waals surface area contributed by atoms with Crippen LogP contribution in [-0.4, -0.2) is 11.7 Å². The molecule has 1 N–H and O–H groups in total. The Morgan fingerprint density at radius 2 is 2.25 bits per heavy atom. The number of aliphatic hydroxyl groups is 1. The van der Waals surface area contributed by atoms with Crippen molar-refractivity contribution in [2.75, 3.05) is 6.61 Å². The first kappa shape index (κ1) is 13.3. The molecule has 1 atom stereocenters. The smallest absolute Gasteiger partial charge is 0.125 e. The Bertz CT molecular complexity index is 372. The van der Waals surface area contributed by atoms with Crippen molar-refractivity contribution in [1.82, 2.24) is 0 Å². The van der Waals surface area contributed by atoms with Gasteiger partial charge in [0.15, 0.2) is 0 Å². The van der Waals surface area contributed by atoms with Crippen LogP contribution in [0.3, 0.4) is 0 Å². The van der Waals surface area contributed by atoms with Crippen molar-refractivity contribution >= 4 is 15.9 Å². The summed E-state index contributed by atoms with van der Waals surface area (Å²) in [5.41, 5.74) is 1.83. The van der Waals surface area contributed by atoms with Crippen LogP contribution >= 0.6 is 15.9 Å². The average Bonchev–Trinajstić information content (AvgIpc) is 2.26. The second kappa shape index (κ2) is 6.06. The minimum Gasteiger partial charge on any atom is -0.489 e. The summed E-state index contributed by atoms with van der Waals surface area (Å²) in [4.78, 5) is 0. The molecule has 0 unspecified atom stereocenters. The van der Waals surface area contributed by atoms with E-state index in [4.69, 9.17) is 4.74 Å². The molecule has 0 heterocycles. The van der Waals surface area contributed by atoms with E-state index in [0.717, 1.165) is 22.0 Å². The number of hydrogen-bond donors (Lipinski definition) is 1. The number of halogens is 1. The van der Waals surface area contributed by atoms with Crippen LogP contribution in [0.25, 0.3) is 0 Å². The van der Waals surface area contributed by atoms with Crippen molar-refractivity contribution in [2.45, 2.75) is 26.4 Å². The van der Waals surface area contributed by atoms with Crippen molar-refractivity contribution in [1.29, 1.82) is 0 Å². The van der Waals surface area contributed by atoms with E-state index in [1.165, 1.54) is 0 Å². The van der Waals surface area contributed by atoms with Crippen molar-refractivity contribution in [3.05, 3.63) is 40.4 Å². The van der Waals surface area contributed by atoms with E-state index in [1.54, 1.807) is 6.92 Å². The Kier molecular flexibility index (Phi) is 5.03. The van der Waals surface area contributed by atoms with E-state index >= 15 is 0 Å². The predicted octanol–water partition coefficient (Wildman–Crippen LogP) is 3.85. The van der Waals surface area contributed by atoms with Crippen LogP contribution in [0.15, 0.2) is 34.8 Å². The first-order valence-electron chi connectivity index (χ1n) is 5.31. The lowest BCUT2D eigenvalue weighted by Gasteiger charge is -2.14. The maximum atomic E-state index is 9.63. The van der Waals surface area contributed by atoms with Gasteiger partial charge in [-0.2, -0.15) is 0 Å². The lowest BCUT2D eigenvalue weighted by atomic mass is 10.1. The van der Waals surface area contributed by atoms with Gasteiger partial charge in [-0.3, -0.25) is 0 Å². The normalized spacial score (nSPS) is 12.2. The van der Waals surface area contributed by atoms with Crippen LogP contribution in [-0.2, 0) is 0 Å². The summed E-state index contributed by atoms with van der Waals surface area (Å²) in [5, 5.41) is 9.63. The van der Waals surface area contributed by atoms with Gasteiger partial charge in [0, 0.05) is 10.0 Å². The first-order chi connectivity index (χ1) is 7.54. The summed E-state index contributed by atoms with van der Waals surface area (Å²) in [6.45, 7) is 8.15. The summed E-state index contributed by atoms with van der Waals surface area (Å²) in [6, 6.07) is 5.62. The second-order valence-corrected chi connectivity index (χ2v) is 4.67. The van der Waals surface area contributed by atoms with Gasteiger partial charge in [0.1, 0.15) is 12.4 Å². The third-order valence-electron chi connectivity index (χ3n) is 2.35. The number of ether oxygens (including phenoxy) is 1. The van der Waals surface area contributed by atoms with E-state index < -0.39 is 6.10 Å². The Morgan fingerprint density at radius 3 is 2.81 bits per heavy atom. The van der Waals surface area contributed by atoms with Crippen LogP contribution in [0, 0.1) is 0 Å². The third kappa shape index (κ3) is 3.65. The third-order valence-corrected chi connectivity index (χ3v) is 2.85. The number of rotatable bonds is 5. The van der Waals surface area contributed by atoms with Crippen molar-refractivity contribution < 1.29 is 9.84 Å². The lowest BCUT2D eigenvalue weighted by Crippen LogP contribution is -2.03. The topological polar surface area (TPSA) is 29.5 Å². The Hall–Kier alpha value is -0.800. The van der Waals surface area contributed by atoms with Crippen LogP contribution in [0.1, 0.15) is 31.9 Å². The molecule has 0 aliphatic carbocycles. The second-order valence-electron chi connectivity index (χ2n) is 3.75. The first-order valence-corrected chi connectivity index (χ1v) is 6.10. The predicted molar refractivity (Wildman–Crippen MR) is 69.7 cm³/mol. The highest BCUT2D eigenvalue weighted by Crippen LogP contribution is 2.28. The van der Waals surface area contributed by atoms with Gasteiger partial charge in [-0.15, -0.1) is 0 Å². The highest BCUT2D eigenvalue weighted by molar-refractivity contribution is 9.10. The van der Waals surface area contributed by atoms with Gasteiger partial charge in [0.2, 0.25) is 0 Å². The molecule has 0 aliphatic heterocycles. The van der Waals surface area contributed by atoms with Gasteiger partial charge < -0.3 is 9.84 Å². The molecule has 0 radical (unpaired) electrons. The molecule has 0 saturated heterocycles. The largest absolute Gasteiger partial charge is 0.489 e. The fourth-order valence-corrected chi connectivity index (χ4v) is 1.64. The maximum absolute atomic E-state index is 9.63. The molecule has 0 fully saturated rings. The molecule has 16 heavy (non-hydrogen) atoms. The molecule has 1 aromatic rings. The fourth-order valence-electron chi connectivity index (χ4n) is 1.26. The van der Waals surface area contributed by atoms with Gasteiger partial charge in [0.05, 0.1) is 6.10 Å². The monoisotopic (exact) mass is 284 g/mol. The highest BCUT2D eigenvalue weighted by Gasteiger charge is 2.09. The van der Waals surface area contributed by atoms with Crippen LogP contribution in [0.2, 0.25) is 0 Å². The molecule has 0 saturated carbocycles. The van der Waals surface area contributed by atoms with Gasteiger partial charge >= 0.3 is 0 Å². The van der Waals surface area contributed by atoms with E-state index in [0.29, 0.717) is 12.4 Å². The Morgan fingerprint density at radius 1 is 1.56 bits per heavy atom. The SMILES string of the molecule is C=C(CC)COc1ccc(Br)cc1[C@H](C)O. The van der Waals surface area contributed by atoms with E-state index in [-0.39, 0.29) is 0 Å². The zero-order valence-corrected chi connectivity index (χ0v) is 11.3. The molecule has 0 bridgehead atoms. The molecule has 0 amide bonds. The number of benzene rings is 1. The summed E-state index contributed by atoms with van der Waals surface area (Å²) < 4.78 is 6.56. The van der Waals surface area contributed by atoms with E-state index in [1.807, 2.05) is 25.1 Å². The van der Waals surface area contributed by atoms with Crippen molar-refractivity contribution in [2.24, 2.45) is 0 Å². The Balaban J connectivity index is 2.82. The van der Waals surface area contributed by atoms with Gasteiger partial charge in [-0.25, -0.2) is 0 Å². The van der Waals surface area contributed by atoms with Gasteiger partial charge in [0.25, 0.3) is 0 Å². The van der Waals surface area contributed by atoms with Crippen molar-refractivity contribution in [3.8, 4) is 5.75 Å². The molecule has 2 nitrogen and oxygen atoms in total. The zero-order valence-electron chi connectivity index (χ0n) is 9.66. The Labute approximate surface area is 105 Å². The van der Waals surface area contributed by atoms with Gasteiger partial charge in [-0.05, 0) is 37.1 Å². The molecule has 1 rings (SSSR count). The molecule has 0 spiro atoms. The number of aliphatic hydroxyl groups excluding tert-OH is 1. The fraction of sp³-hybridized carbons (Fsp3) is 0.385. The van der Waals surface area contributed by atoms with E-state index in [2.05, 4.69) is 22.5 Å². The van der Waals surface area contributed by atoms with Crippen LogP contribution < -0.4 is 4.74 Å². The molecule has 0 aliphatic rings. The summed E-state index contributed by atoms with van der Waals surface area (Å²) in [7, 11) is 0. The molecule has 3 heteroatoms. The molecule has 1 aromatic carbocycles. The molecule has 0 aromatic heterocycles. The minimum absolute atomic E-state index is 0.498. The van der Waals surface area contributed by atoms with Crippen molar-refractivity contribution in [3.63, 3.8) is 0 Å². The van der Waals surface area contributed by atoms with Crippen LogP contribution in [0.4, 0.5) is 0 Å². The summed E-state index contributed by atoms with van der Waals surface area (Å²) in [6.07, 6.45) is 0.364. The maximum Gasteiger partial charge on any atom is 0.125 e. The minimum atomic E-state index is -0.539. The quantitative estimate of drug-likeness (QED) is 0.833. The molecule has 88 valence electrons. The number of hydrogen-bond acceptors (Lipinski definition) is 2.